The normalized spacial score (nSPS) is 11.1. The van der Waals surface area contributed by atoms with Crippen LogP contribution in [-0.4, -0.2) is 10.9 Å². The molecule has 0 heterocycles. The van der Waals surface area contributed by atoms with E-state index in [2.05, 4.69) is 5.32 Å². The predicted octanol–water partition coefficient (Wildman–Crippen LogP) is 3.35. The molecule has 0 bridgehead atoms. The molecule has 0 fully saturated rings. The quantitative estimate of drug-likeness (QED) is 0.834. The molecular weight excluding hydrogens is 268 g/mol. The first-order valence-electron chi connectivity index (χ1n) is 5.68. The fourth-order valence-electron chi connectivity index (χ4n) is 1.23. The van der Waals surface area contributed by atoms with Crippen LogP contribution in [0.2, 0.25) is 5.02 Å². The van der Waals surface area contributed by atoms with Gasteiger partial charge in [0.15, 0.2) is 0 Å². The summed E-state index contributed by atoms with van der Waals surface area (Å²) in [6, 6.07) is 5.09. The molecule has 0 spiro atoms. The Morgan fingerprint density at radius 3 is 2.61 bits per heavy atom. The number of carbonyl (C=O) groups is 1. The van der Waals surface area contributed by atoms with Crippen molar-refractivity contribution < 1.29 is 4.79 Å². The van der Waals surface area contributed by atoms with Crippen LogP contribution in [0.15, 0.2) is 18.2 Å². The van der Waals surface area contributed by atoms with E-state index in [1.165, 1.54) is 0 Å². The summed E-state index contributed by atoms with van der Waals surface area (Å²) < 4.78 is 0. The Bertz CT molecular complexity index is 486. The smallest absolute Gasteiger partial charge is 0.230 e. The average molecular weight is 285 g/mol. The van der Waals surface area contributed by atoms with Gasteiger partial charge in [-0.05, 0) is 18.6 Å². The molecule has 98 valence electrons. The fourth-order valence-corrected chi connectivity index (χ4v) is 1.52. The summed E-state index contributed by atoms with van der Waals surface area (Å²) in [6.07, 6.45) is 0.742. The van der Waals surface area contributed by atoms with Gasteiger partial charge >= 0.3 is 0 Å². The van der Waals surface area contributed by atoms with Crippen LogP contribution >= 0.6 is 23.8 Å². The highest BCUT2D eigenvalue weighted by Crippen LogP contribution is 2.27. The molecule has 5 heteroatoms. The van der Waals surface area contributed by atoms with E-state index in [-0.39, 0.29) is 10.9 Å². The highest BCUT2D eigenvalue weighted by Gasteiger charge is 2.25. The maximum atomic E-state index is 12.1. The topological polar surface area (TPSA) is 55.1 Å². The molecule has 0 saturated heterocycles. The minimum atomic E-state index is -0.442. The van der Waals surface area contributed by atoms with Gasteiger partial charge in [0.1, 0.15) is 4.99 Å². The van der Waals surface area contributed by atoms with E-state index >= 15 is 0 Å². The van der Waals surface area contributed by atoms with Crippen LogP contribution in [0.25, 0.3) is 0 Å². The molecule has 1 aromatic carbocycles. The third-order valence-electron chi connectivity index (χ3n) is 3.00. The minimum absolute atomic E-state index is 0.0769. The van der Waals surface area contributed by atoms with Crippen molar-refractivity contribution in [2.45, 2.75) is 27.2 Å². The Labute approximate surface area is 118 Å². The molecule has 0 unspecified atom stereocenters. The van der Waals surface area contributed by atoms with Crippen LogP contribution < -0.4 is 11.1 Å². The largest absolute Gasteiger partial charge is 0.389 e. The van der Waals surface area contributed by atoms with E-state index in [0.29, 0.717) is 16.3 Å². The van der Waals surface area contributed by atoms with Crippen molar-refractivity contribution in [3.05, 3.63) is 28.8 Å². The number of anilines is 1. The van der Waals surface area contributed by atoms with Gasteiger partial charge in [-0.15, -0.1) is 0 Å². The van der Waals surface area contributed by atoms with Crippen LogP contribution in [0.4, 0.5) is 5.69 Å². The second-order valence-corrected chi connectivity index (χ2v) is 5.60. The van der Waals surface area contributed by atoms with Crippen molar-refractivity contribution in [3.8, 4) is 0 Å². The minimum Gasteiger partial charge on any atom is -0.389 e. The van der Waals surface area contributed by atoms with Gasteiger partial charge in [0.05, 0.1) is 10.7 Å². The highest BCUT2D eigenvalue weighted by atomic mass is 35.5. The second-order valence-electron chi connectivity index (χ2n) is 4.75. The first kappa shape index (κ1) is 14.9. The number of hydrogen-bond donors (Lipinski definition) is 2. The van der Waals surface area contributed by atoms with Crippen LogP contribution in [-0.2, 0) is 4.79 Å². The number of amides is 1. The molecule has 0 aliphatic rings. The monoisotopic (exact) mass is 284 g/mol. The molecular formula is C13H17ClN2OS. The Morgan fingerprint density at radius 2 is 2.11 bits per heavy atom. The zero-order chi connectivity index (χ0) is 13.9. The number of benzene rings is 1. The Kier molecular flexibility index (Phi) is 4.71. The summed E-state index contributed by atoms with van der Waals surface area (Å²) in [6.45, 7) is 5.73. The Balaban J connectivity index is 3.01. The van der Waals surface area contributed by atoms with Crippen molar-refractivity contribution in [1.82, 2.24) is 0 Å². The summed E-state index contributed by atoms with van der Waals surface area (Å²) in [5.41, 5.74) is 6.32. The number of nitrogens with one attached hydrogen (secondary N) is 1. The summed E-state index contributed by atoms with van der Waals surface area (Å²) in [7, 11) is 0. The first-order chi connectivity index (χ1) is 8.27. The van der Waals surface area contributed by atoms with Crippen LogP contribution in [0.3, 0.4) is 0 Å². The van der Waals surface area contributed by atoms with E-state index in [1.54, 1.807) is 18.2 Å². The summed E-state index contributed by atoms with van der Waals surface area (Å²) in [5.74, 6) is -0.0769. The van der Waals surface area contributed by atoms with Crippen molar-refractivity contribution in [2.75, 3.05) is 5.32 Å². The Morgan fingerprint density at radius 1 is 1.50 bits per heavy atom. The molecule has 0 aliphatic carbocycles. The van der Waals surface area contributed by atoms with Gasteiger partial charge in [-0.2, -0.15) is 0 Å². The molecule has 0 aromatic heterocycles. The number of thiocarbonyl (C=S) groups is 1. The molecule has 3 N–H and O–H groups in total. The number of nitrogens with two attached hydrogens (primary N) is 1. The van der Waals surface area contributed by atoms with E-state index in [0.717, 1.165) is 6.42 Å². The molecule has 0 radical (unpaired) electrons. The van der Waals surface area contributed by atoms with E-state index in [1.807, 2.05) is 20.8 Å². The van der Waals surface area contributed by atoms with Gasteiger partial charge in [0.25, 0.3) is 0 Å². The van der Waals surface area contributed by atoms with Crippen LogP contribution in [0.1, 0.15) is 32.8 Å². The lowest BCUT2D eigenvalue weighted by atomic mass is 9.89. The SMILES string of the molecule is CCC(C)(C)C(=O)Nc1cc(C(N)=S)ccc1Cl. The third kappa shape index (κ3) is 3.43. The lowest BCUT2D eigenvalue weighted by Crippen LogP contribution is -2.30. The molecule has 18 heavy (non-hydrogen) atoms. The van der Waals surface area contributed by atoms with Crippen molar-refractivity contribution in [2.24, 2.45) is 11.1 Å². The van der Waals surface area contributed by atoms with Crippen molar-refractivity contribution in [1.29, 1.82) is 0 Å². The van der Waals surface area contributed by atoms with Gasteiger partial charge in [-0.1, -0.05) is 50.7 Å². The standard InChI is InChI=1S/C13H17ClN2OS/c1-4-13(2,3)12(17)16-10-7-8(11(15)18)5-6-9(10)14/h5-7H,4H2,1-3H3,(H2,15,18)(H,16,17). The summed E-state index contributed by atoms with van der Waals surface area (Å²) in [4.78, 5) is 12.3. The number of halogens is 1. The third-order valence-corrected chi connectivity index (χ3v) is 3.56. The number of rotatable bonds is 4. The predicted molar refractivity (Wildman–Crippen MR) is 80.0 cm³/mol. The van der Waals surface area contributed by atoms with Crippen molar-refractivity contribution in [3.63, 3.8) is 0 Å². The average Bonchev–Trinajstić information content (AvgIpc) is 2.31. The summed E-state index contributed by atoms with van der Waals surface area (Å²) in [5, 5.41) is 3.28. The molecule has 1 rings (SSSR count). The van der Waals surface area contributed by atoms with E-state index in [4.69, 9.17) is 29.6 Å². The lowest BCUT2D eigenvalue weighted by molar-refractivity contribution is -0.124. The zero-order valence-electron chi connectivity index (χ0n) is 10.7. The summed E-state index contributed by atoms with van der Waals surface area (Å²) >= 11 is 10.9. The molecule has 1 aromatic rings. The molecule has 1 amide bonds. The first-order valence-corrected chi connectivity index (χ1v) is 6.47. The Hall–Kier alpha value is -1.13. The van der Waals surface area contributed by atoms with Gasteiger partial charge < -0.3 is 11.1 Å². The van der Waals surface area contributed by atoms with Gasteiger partial charge in [0, 0.05) is 11.0 Å². The molecule has 0 atom stereocenters. The van der Waals surface area contributed by atoms with Crippen LogP contribution in [0, 0.1) is 5.41 Å². The highest BCUT2D eigenvalue weighted by molar-refractivity contribution is 7.80. The lowest BCUT2D eigenvalue weighted by Gasteiger charge is -2.22. The maximum Gasteiger partial charge on any atom is 0.230 e. The number of hydrogen-bond acceptors (Lipinski definition) is 2. The maximum absolute atomic E-state index is 12.1. The molecule has 0 saturated carbocycles. The van der Waals surface area contributed by atoms with Gasteiger partial charge in [-0.3, -0.25) is 4.79 Å². The number of carbonyl (C=O) groups excluding carboxylic acids is 1. The molecule has 0 aliphatic heterocycles. The van der Waals surface area contributed by atoms with E-state index in [9.17, 15) is 4.79 Å². The zero-order valence-corrected chi connectivity index (χ0v) is 12.3. The van der Waals surface area contributed by atoms with Gasteiger partial charge in [0.2, 0.25) is 5.91 Å². The van der Waals surface area contributed by atoms with E-state index < -0.39 is 5.41 Å². The molecule has 3 nitrogen and oxygen atoms in total. The second kappa shape index (κ2) is 5.67. The van der Waals surface area contributed by atoms with Crippen molar-refractivity contribution >= 4 is 40.4 Å². The van der Waals surface area contributed by atoms with Crippen LogP contribution in [0.5, 0.6) is 0 Å². The van der Waals surface area contributed by atoms with Gasteiger partial charge in [-0.25, -0.2) is 0 Å². The fraction of sp³-hybridized carbons (Fsp3) is 0.385.